The molecule has 1 aromatic heterocycles. The zero-order valence-electron chi connectivity index (χ0n) is 12.5. The first-order valence-electron chi connectivity index (χ1n) is 6.80. The molecule has 1 rings (SSSR count). The summed E-state index contributed by atoms with van der Waals surface area (Å²) in [5, 5.41) is 14.0. The van der Waals surface area contributed by atoms with Crippen LogP contribution in [0.4, 0.5) is 4.79 Å². The molecule has 2 N–H and O–H groups in total. The van der Waals surface area contributed by atoms with Crippen LogP contribution in [0.5, 0.6) is 0 Å². The van der Waals surface area contributed by atoms with Gasteiger partial charge >= 0.3 is 12.0 Å². The minimum absolute atomic E-state index is 0.145. The van der Waals surface area contributed by atoms with Crippen molar-refractivity contribution in [2.75, 3.05) is 13.6 Å². The molecule has 21 heavy (non-hydrogen) atoms. The Bertz CT molecular complexity index is 500. The summed E-state index contributed by atoms with van der Waals surface area (Å²) in [6, 6.07) is 1.71. The van der Waals surface area contributed by atoms with Crippen molar-refractivity contribution in [1.29, 1.82) is 0 Å². The standard InChI is InChI=1S/C14H21BrN2O3S/c1-4-14(5-2,12(18)19)9-16-13(20)17(3)7-11-6-10(15)8-21-11/h6,8H,4-5,7,9H2,1-3H3,(H,16,20)(H,18,19). The molecule has 2 amide bonds. The summed E-state index contributed by atoms with van der Waals surface area (Å²) in [7, 11) is 1.70. The molecular formula is C14H21BrN2O3S. The van der Waals surface area contributed by atoms with E-state index >= 15 is 0 Å². The number of urea groups is 1. The summed E-state index contributed by atoms with van der Waals surface area (Å²) in [6.07, 6.45) is 0.974. The lowest BCUT2D eigenvalue weighted by molar-refractivity contribution is -0.149. The molecule has 0 aromatic carbocycles. The predicted octanol–water partition coefficient (Wildman–Crippen LogP) is 3.54. The molecule has 0 aliphatic carbocycles. The van der Waals surface area contributed by atoms with E-state index in [9.17, 15) is 14.7 Å². The average Bonchev–Trinajstić information content (AvgIpc) is 2.85. The fourth-order valence-corrected chi connectivity index (χ4v) is 3.50. The zero-order chi connectivity index (χ0) is 16.0. The van der Waals surface area contributed by atoms with Gasteiger partial charge in [0.1, 0.15) is 0 Å². The van der Waals surface area contributed by atoms with Crippen molar-refractivity contribution in [1.82, 2.24) is 10.2 Å². The van der Waals surface area contributed by atoms with E-state index in [1.54, 1.807) is 23.3 Å². The SMILES string of the molecule is CCC(CC)(CNC(=O)N(C)Cc1cc(Br)cs1)C(=O)O. The number of rotatable bonds is 7. The van der Waals surface area contributed by atoms with Crippen LogP contribution in [0, 0.1) is 5.41 Å². The topological polar surface area (TPSA) is 69.6 Å². The normalized spacial score (nSPS) is 11.2. The van der Waals surface area contributed by atoms with Gasteiger partial charge in [-0.3, -0.25) is 4.79 Å². The van der Waals surface area contributed by atoms with E-state index in [0.717, 1.165) is 9.35 Å². The lowest BCUT2D eigenvalue weighted by Gasteiger charge is -2.28. The van der Waals surface area contributed by atoms with Gasteiger partial charge in [0.15, 0.2) is 0 Å². The Kier molecular flexibility index (Phi) is 6.67. The van der Waals surface area contributed by atoms with E-state index in [-0.39, 0.29) is 12.6 Å². The van der Waals surface area contributed by atoms with Gasteiger partial charge < -0.3 is 15.3 Å². The number of amides is 2. The predicted molar refractivity (Wildman–Crippen MR) is 87.5 cm³/mol. The van der Waals surface area contributed by atoms with Gasteiger partial charge in [-0.15, -0.1) is 11.3 Å². The van der Waals surface area contributed by atoms with Gasteiger partial charge in [0.05, 0.1) is 12.0 Å². The minimum Gasteiger partial charge on any atom is -0.481 e. The van der Waals surface area contributed by atoms with Crippen LogP contribution >= 0.6 is 27.3 Å². The molecule has 1 heterocycles. The Labute approximate surface area is 137 Å². The van der Waals surface area contributed by atoms with E-state index in [1.807, 2.05) is 25.3 Å². The van der Waals surface area contributed by atoms with Gasteiger partial charge in [0, 0.05) is 28.3 Å². The number of carbonyl (C=O) groups excluding carboxylic acids is 1. The van der Waals surface area contributed by atoms with Crippen molar-refractivity contribution < 1.29 is 14.7 Å². The number of hydrogen-bond donors (Lipinski definition) is 2. The number of aliphatic carboxylic acids is 1. The fourth-order valence-electron chi connectivity index (χ4n) is 2.00. The summed E-state index contributed by atoms with van der Waals surface area (Å²) in [5.74, 6) is -0.863. The van der Waals surface area contributed by atoms with Crippen molar-refractivity contribution >= 4 is 39.3 Å². The molecule has 0 saturated carbocycles. The third-order valence-corrected chi connectivity index (χ3v) is 5.43. The van der Waals surface area contributed by atoms with Crippen LogP contribution in [0.2, 0.25) is 0 Å². The molecule has 0 fully saturated rings. The second-order valence-electron chi connectivity index (χ2n) is 5.04. The van der Waals surface area contributed by atoms with Crippen molar-refractivity contribution in [3.8, 4) is 0 Å². The van der Waals surface area contributed by atoms with Crippen molar-refractivity contribution in [2.45, 2.75) is 33.2 Å². The number of halogens is 1. The number of nitrogens with one attached hydrogen (secondary N) is 1. The van der Waals surface area contributed by atoms with Gasteiger partial charge in [0.2, 0.25) is 0 Å². The quantitative estimate of drug-likeness (QED) is 0.764. The van der Waals surface area contributed by atoms with Gasteiger partial charge in [0.25, 0.3) is 0 Å². The Morgan fingerprint density at radius 1 is 1.43 bits per heavy atom. The lowest BCUT2D eigenvalue weighted by Crippen LogP contribution is -2.46. The lowest BCUT2D eigenvalue weighted by atomic mass is 9.82. The van der Waals surface area contributed by atoms with E-state index in [4.69, 9.17) is 0 Å². The molecule has 7 heteroatoms. The van der Waals surface area contributed by atoms with Crippen LogP contribution in [-0.2, 0) is 11.3 Å². The van der Waals surface area contributed by atoms with Crippen LogP contribution in [-0.4, -0.2) is 35.6 Å². The Morgan fingerprint density at radius 2 is 2.05 bits per heavy atom. The van der Waals surface area contributed by atoms with Crippen molar-refractivity contribution in [2.24, 2.45) is 5.41 Å². The zero-order valence-corrected chi connectivity index (χ0v) is 14.9. The van der Waals surface area contributed by atoms with Crippen LogP contribution in [0.3, 0.4) is 0 Å². The van der Waals surface area contributed by atoms with E-state index in [0.29, 0.717) is 19.4 Å². The molecule has 0 aliphatic rings. The van der Waals surface area contributed by atoms with E-state index in [2.05, 4.69) is 21.2 Å². The van der Waals surface area contributed by atoms with Crippen LogP contribution < -0.4 is 5.32 Å². The summed E-state index contributed by atoms with van der Waals surface area (Å²) >= 11 is 4.95. The third kappa shape index (κ3) is 4.71. The molecule has 1 aromatic rings. The Hall–Kier alpha value is -1.08. The van der Waals surface area contributed by atoms with Crippen LogP contribution in [0.15, 0.2) is 15.9 Å². The molecule has 0 unspecified atom stereocenters. The number of carbonyl (C=O) groups is 2. The third-order valence-electron chi connectivity index (χ3n) is 3.75. The molecule has 118 valence electrons. The monoisotopic (exact) mass is 376 g/mol. The van der Waals surface area contributed by atoms with E-state index < -0.39 is 11.4 Å². The van der Waals surface area contributed by atoms with Crippen LogP contribution in [0.25, 0.3) is 0 Å². The molecule has 0 spiro atoms. The van der Waals surface area contributed by atoms with Gasteiger partial charge in [-0.25, -0.2) is 4.79 Å². The first-order valence-corrected chi connectivity index (χ1v) is 8.47. The van der Waals surface area contributed by atoms with E-state index in [1.165, 1.54) is 0 Å². The highest BCUT2D eigenvalue weighted by molar-refractivity contribution is 9.10. The highest BCUT2D eigenvalue weighted by Crippen LogP contribution is 2.26. The molecule has 0 aliphatic heterocycles. The summed E-state index contributed by atoms with van der Waals surface area (Å²) in [4.78, 5) is 26.1. The number of carboxylic acids is 1. The summed E-state index contributed by atoms with van der Waals surface area (Å²) < 4.78 is 0.998. The summed E-state index contributed by atoms with van der Waals surface area (Å²) in [5.41, 5.74) is -0.886. The van der Waals surface area contributed by atoms with Gasteiger partial charge in [-0.1, -0.05) is 13.8 Å². The first-order chi connectivity index (χ1) is 9.84. The second-order valence-corrected chi connectivity index (χ2v) is 6.95. The highest BCUT2D eigenvalue weighted by atomic mass is 79.9. The minimum atomic E-state index is -0.886. The maximum absolute atomic E-state index is 12.1. The smallest absolute Gasteiger partial charge is 0.317 e. The average molecular weight is 377 g/mol. The summed E-state index contributed by atoms with van der Waals surface area (Å²) in [6.45, 7) is 4.31. The van der Waals surface area contributed by atoms with Gasteiger partial charge in [-0.2, -0.15) is 0 Å². The first kappa shape index (κ1) is 18.0. The van der Waals surface area contributed by atoms with Crippen molar-refractivity contribution in [3.05, 3.63) is 20.8 Å². The molecule has 0 bridgehead atoms. The Morgan fingerprint density at radius 3 is 2.48 bits per heavy atom. The fraction of sp³-hybridized carbons (Fsp3) is 0.571. The second kappa shape index (κ2) is 7.79. The van der Waals surface area contributed by atoms with Crippen LogP contribution in [0.1, 0.15) is 31.6 Å². The molecule has 0 saturated heterocycles. The highest BCUT2D eigenvalue weighted by Gasteiger charge is 2.35. The van der Waals surface area contributed by atoms with Crippen molar-refractivity contribution in [3.63, 3.8) is 0 Å². The number of thiophene rings is 1. The molecular weight excluding hydrogens is 356 g/mol. The Balaban J connectivity index is 2.57. The maximum atomic E-state index is 12.1. The number of carboxylic acid groups (broad SMARTS) is 1. The molecule has 5 nitrogen and oxygen atoms in total. The number of nitrogens with zero attached hydrogens (tertiary/aromatic N) is 1. The molecule has 0 radical (unpaired) electrons. The maximum Gasteiger partial charge on any atom is 0.317 e. The molecule has 0 atom stereocenters. The largest absolute Gasteiger partial charge is 0.481 e. The number of hydrogen-bond acceptors (Lipinski definition) is 3. The van der Waals surface area contributed by atoms with Gasteiger partial charge in [-0.05, 0) is 34.8 Å².